The van der Waals surface area contributed by atoms with Gasteiger partial charge < -0.3 is 0 Å². The van der Waals surface area contributed by atoms with Crippen LogP contribution < -0.4 is 0 Å². The Morgan fingerprint density at radius 3 is 2.52 bits per heavy atom. The highest BCUT2D eigenvalue weighted by atomic mass is 32.2. The average Bonchev–Trinajstić information content (AvgIpc) is 2.60. The number of hydrogen-bond donors (Lipinski definition) is 0. The molecule has 118 valence electrons. The normalized spacial score (nSPS) is 15.9. The zero-order valence-electron chi connectivity index (χ0n) is 12.6. The summed E-state index contributed by atoms with van der Waals surface area (Å²) >= 11 is 0. The van der Waals surface area contributed by atoms with Crippen molar-refractivity contribution >= 4 is 21.9 Å². The predicted molar refractivity (Wildman–Crippen MR) is 90.7 cm³/mol. The number of aryl methyl sites for hydroxylation is 1. The predicted octanol–water partition coefficient (Wildman–Crippen LogP) is 3.78. The van der Waals surface area contributed by atoms with Crippen LogP contribution >= 0.6 is 0 Å². The first-order valence-electron chi connectivity index (χ1n) is 7.41. The molecule has 5 heteroatoms. The zero-order valence-corrected chi connectivity index (χ0v) is 13.4. The maximum atomic E-state index is 12.2. The third kappa shape index (κ3) is 3.35. The topological polar surface area (TPSA) is 55.7 Å². The summed E-state index contributed by atoms with van der Waals surface area (Å²) in [5, 5.41) is 3.92. The standard InChI is InChI=1S/C18H17NO3S/c1-2-14-10-12-16(13-11-14)23(20,21)22-19-18-9-5-7-15-6-3-4-8-17(15)18/h2-4,6,8,10-13H,1,5,7,9H2/b19-18+. The second kappa shape index (κ2) is 6.38. The highest BCUT2D eigenvalue weighted by Crippen LogP contribution is 2.22. The Labute approximate surface area is 136 Å². The highest BCUT2D eigenvalue weighted by Gasteiger charge is 2.19. The molecule has 0 bridgehead atoms. The average molecular weight is 327 g/mol. The van der Waals surface area contributed by atoms with E-state index in [0.717, 1.165) is 24.0 Å². The lowest BCUT2D eigenvalue weighted by molar-refractivity contribution is 0.337. The molecule has 1 aliphatic carbocycles. The monoisotopic (exact) mass is 327 g/mol. The van der Waals surface area contributed by atoms with Crippen LogP contribution in [0.1, 0.15) is 29.5 Å². The number of rotatable bonds is 4. The van der Waals surface area contributed by atoms with E-state index in [-0.39, 0.29) is 4.90 Å². The van der Waals surface area contributed by atoms with Crippen LogP contribution in [0.5, 0.6) is 0 Å². The summed E-state index contributed by atoms with van der Waals surface area (Å²) in [5.41, 5.74) is 3.67. The second-order valence-electron chi connectivity index (χ2n) is 5.35. The first-order valence-corrected chi connectivity index (χ1v) is 8.82. The van der Waals surface area contributed by atoms with Crippen molar-refractivity contribution in [1.29, 1.82) is 0 Å². The van der Waals surface area contributed by atoms with Gasteiger partial charge in [0, 0.05) is 5.56 Å². The molecule has 23 heavy (non-hydrogen) atoms. The number of benzene rings is 2. The van der Waals surface area contributed by atoms with Crippen LogP contribution in [-0.4, -0.2) is 14.1 Å². The Hall–Kier alpha value is -2.40. The van der Waals surface area contributed by atoms with Gasteiger partial charge in [0.05, 0.1) is 5.71 Å². The van der Waals surface area contributed by atoms with E-state index in [9.17, 15) is 8.42 Å². The molecule has 0 spiro atoms. The van der Waals surface area contributed by atoms with Crippen LogP contribution in [0.15, 0.2) is 65.2 Å². The van der Waals surface area contributed by atoms with Crippen LogP contribution in [0.2, 0.25) is 0 Å². The number of oxime groups is 1. The van der Waals surface area contributed by atoms with Gasteiger partial charge in [-0.15, -0.1) is 0 Å². The smallest absolute Gasteiger partial charge is 0.264 e. The van der Waals surface area contributed by atoms with Crippen LogP contribution in [0.25, 0.3) is 6.08 Å². The van der Waals surface area contributed by atoms with Crippen LogP contribution in [0, 0.1) is 0 Å². The van der Waals surface area contributed by atoms with Crippen molar-refractivity contribution in [3.63, 3.8) is 0 Å². The lowest BCUT2D eigenvalue weighted by Crippen LogP contribution is -2.13. The Bertz CT molecular complexity index is 852. The number of nitrogens with zero attached hydrogens (tertiary/aromatic N) is 1. The molecule has 4 nitrogen and oxygen atoms in total. The molecular formula is C18H17NO3S. The molecule has 1 aliphatic rings. The number of hydrogen-bond acceptors (Lipinski definition) is 4. The maximum Gasteiger partial charge on any atom is 0.358 e. The van der Waals surface area contributed by atoms with E-state index in [0.29, 0.717) is 12.1 Å². The summed E-state index contributed by atoms with van der Waals surface area (Å²) in [4.78, 5) is 0.0801. The highest BCUT2D eigenvalue weighted by molar-refractivity contribution is 7.86. The van der Waals surface area contributed by atoms with E-state index in [2.05, 4.69) is 11.7 Å². The van der Waals surface area contributed by atoms with Crippen molar-refractivity contribution in [2.45, 2.75) is 24.2 Å². The molecule has 0 aromatic heterocycles. The molecule has 0 saturated carbocycles. The van der Waals surface area contributed by atoms with E-state index in [1.165, 1.54) is 17.7 Å². The van der Waals surface area contributed by atoms with Crippen molar-refractivity contribution in [2.75, 3.05) is 0 Å². The molecule has 2 aromatic carbocycles. The molecule has 0 aliphatic heterocycles. The summed E-state index contributed by atoms with van der Waals surface area (Å²) in [6, 6.07) is 14.2. The van der Waals surface area contributed by atoms with Gasteiger partial charge in [0.1, 0.15) is 4.90 Å². The molecule has 0 fully saturated rings. The van der Waals surface area contributed by atoms with Crippen molar-refractivity contribution in [3.8, 4) is 0 Å². The fourth-order valence-corrected chi connectivity index (χ4v) is 3.35. The molecular weight excluding hydrogens is 310 g/mol. The minimum Gasteiger partial charge on any atom is -0.264 e. The van der Waals surface area contributed by atoms with Gasteiger partial charge in [-0.1, -0.05) is 54.2 Å². The minimum atomic E-state index is -3.91. The summed E-state index contributed by atoms with van der Waals surface area (Å²) in [7, 11) is -3.91. The molecule has 0 saturated heterocycles. The van der Waals surface area contributed by atoms with Crippen LogP contribution in [0.4, 0.5) is 0 Å². The molecule has 0 heterocycles. The third-order valence-corrected chi connectivity index (χ3v) is 4.96. The summed E-state index contributed by atoms with van der Waals surface area (Å²) in [6.07, 6.45) is 4.27. The lowest BCUT2D eigenvalue weighted by atomic mass is 9.90. The molecule has 0 atom stereocenters. The van der Waals surface area contributed by atoms with Gasteiger partial charge in [-0.05, 0) is 42.5 Å². The van der Waals surface area contributed by atoms with E-state index in [1.54, 1.807) is 18.2 Å². The Morgan fingerprint density at radius 2 is 1.78 bits per heavy atom. The second-order valence-corrected chi connectivity index (χ2v) is 6.88. The van der Waals surface area contributed by atoms with Crippen molar-refractivity contribution in [1.82, 2.24) is 0 Å². The molecule has 0 unspecified atom stereocenters. The van der Waals surface area contributed by atoms with Crippen molar-refractivity contribution in [3.05, 3.63) is 71.8 Å². The Balaban J connectivity index is 1.85. The van der Waals surface area contributed by atoms with Gasteiger partial charge in [-0.3, -0.25) is 4.28 Å². The van der Waals surface area contributed by atoms with E-state index < -0.39 is 10.1 Å². The van der Waals surface area contributed by atoms with Crippen LogP contribution in [-0.2, 0) is 20.8 Å². The Kier molecular flexibility index (Phi) is 4.30. The first-order chi connectivity index (χ1) is 11.1. The van der Waals surface area contributed by atoms with Crippen molar-refractivity contribution in [2.24, 2.45) is 5.16 Å². The zero-order chi connectivity index (χ0) is 16.3. The van der Waals surface area contributed by atoms with Gasteiger partial charge in [0.15, 0.2) is 0 Å². The van der Waals surface area contributed by atoms with Gasteiger partial charge in [0.25, 0.3) is 0 Å². The van der Waals surface area contributed by atoms with Gasteiger partial charge in [-0.25, -0.2) is 0 Å². The summed E-state index contributed by atoms with van der Waals surface area (Å²) in [5.74, 6) is 0. The molecule has 3 rings (SSSR count). The molecule has 0 amide bonds. The van der Waals surface area contributed by atoms with E-state index in [1.807, 2.05) is 24.3 Å². The minimum absolute atomic E-state index is 0.0801. The maximum absolute atomic E-state index is 12.2. The molecule has 0 N–H and O–H groups in total. The summed E-state index contributed by atoms with van der Waals surface area (Å²) in [6.45, 7) is 3.64. The third-order valence-electron chi connectivity index (χ3n) is 3.84. The number of fused-ring (bicyclic) bond motifs is 1. The van der Waals surface area contributed by atoms with Crippen LogP contribution in [0.3, 0.4) is 0 Å². The fourth-order valence-electron chi connectivity index (χ4n) is 2.60. The van der Waals surface area contributed by atoms with Gasteiger partial charge in [-0.2, -0.15) is 8.42 Å². The summed E-state index contributed by atoms with van der Waals surface area (Å²) < 4.78 is 29.4. The van der Waals surface area contributed by atoms with E-state index in [4.69, 9.17) is 4.28 Å². The van der Waals surface area contributed by atoms with Gasteiger partial charge >= 0.3 is 10.1 Å². The molecule has 0 radical (unpaired) electrons. The quantitative estimate of drug-likeness (QED) is 0.803. The lowest BCUT2D eigenvalue weighted by Gasteiger charge is -2.16. The first kappa shape index (κ1) is 15.5. The largest absolute Gasteiger partial charge is 0.358 e. The SMILES string of the molecule is C=Cc1ccc(S(=O)(=O)O/N=C2\CCCc3ccccc32)cc1. The van der Waals surface area contributed by atoms with Gasteiger partial charge in [0.2, 0.25) is 0 Å². The molecule has 2 aromatic rings. The Morgan fingerprint density at radius 1 is 1.04 bits per heavy atom. The fraction of sp³-hybridized carbons (Fsp3) is 0.167. The van der Waals surface area contributed by atoms with Crippen molar-refractivity contribution < 1.29 is 12.7 Å². The van der Waals surface area contributed by atoms with E-state index >= 15 is 0 Å².